The maximum absolute atomic E-state index is 14.6. The molecule has 3 N–H and O–H groups in total. The summed E-state index contributed by atoms with van der Waals surface area (Å²) in [5.41, 5.74) is 0.470. The number of halogens is 4. The van der Waals surface area contributed by atoms with Gasteiger partial charge >= 0.3 is 18.1 Å². The highest BCUT2D eigenvalue weighted by atomic mass is 19.4. The monoisotopic (exact) mass is 548 g/mol. The van der Waals surface area contributed by atoms with E-state index >= 15 is 0 Å². The summed E-state index contributed by atoms with van der Waals surface area (Å²) in [4.78, 5) is 33.4. The van der Waals surface area contributed by atoms with Crippen LogP contribution in [0.15, 0.2) is 24.3 Å². The number of ether oxygens (including phenoxy) is 2. The molecule has 13 heteroatoms. The number of benzene rings is 1. The quantitative estimate of drug-likeness (QED) is 0.331. The molecule has 0 spiro atoms. The van der Waals surface area contributed by atoms with Gasteiger partial charge in [-0.2, -0.15) is 13.2 Å². The van der Waals surface area contributed by atoms with Gasteiger partial charge in [0.15, 0.2) is 11.6 Å². The number of rotatable bonds is 8. The van der Waals surface area contributed by atoms with Crippen molar-refractivity contribution in [2.75, 3.05) is 20.7 Å². The molecule has 1 aromatic rings. The smallest absolute Gasteiger partial charge is 0.391 e. The molecule has 1 aromatic carbocycles. The van der Waals surface area contributed by atoms with Crippen LogP contribution in [-0.4, -0.2) is 72.0 Å². The van der Waals surface area contributed by atoms with Crippen LogP contribution in [0.5, 0.6) is 11.5 Å². The summed E-state index contributed by atoms with van der Waals surface area (Å²) in [6, 6.07) is 2.46. The van der Waals surface area contributed by atoms with Crippen molar-refractivity contribution in [2.45, 2.75) is 63.4 Å². The predicted molar refractivity (Wildman–Crippen MR) is 127 cm³/mol. The van der Waals surface area contributed by atoms with Gasteiger partial charge in [-0.1, -0.05) is 0 Å². The lowest BCUT2D eigenvalue weighted by molar-refractivity contribution is -0.185. The van der Waals surface area contributed by atoms with E-state index in [0.717, 1.165) is 19.4 Å². The lowest BCUT2D eigenvalue weighted by Crippen LogP contribution is -2.41. The van der Waals surface area contributed by atoms with Crippen LogP contribution in [0.3, 0.4) is 0 Å². The molecule has 0 bridgehead atoms. The van der Waals surface area contributed by atoms with Gasteiger partial charge in [-0.05, 0) is 58.2 Å². The van der Waals surface area contributed by atoms with Gasteiger partial charge < -0.3 is 25.0 Å². The van der Waals surface area contributed by atoms with E-state index in [1.807, 2.05) is 11.9 Å². The van der Waals surface area contributed by atoms with Crippen molar-refractivity contribution in [2.24, 2.45) is 5.92 Å². The van der Waals surface area contributed by atoms with E-state index in [2.05, 4.69) is 5.32 Å². The second kappa shape index (κ2) is 14.0. The van der Waals surface area contributed by atoms with Crippen LogP contribution in [0.1, 0.15) is 44.1 Å². The van der Waals surface area contributed by atoms with Crippen LogP contribution in [0.25, 0.3) is 0 Å². The van der Waals surface area contributed by atoms with Gasteiger partial charge in [-0.15, -0.1) is 0 Å². The molecule has 3 rings (SSSR count). The molecule has 1 saturated heterocycles. The van der Waals surface area contributed by atoms with E-state index in [0.29, 0.717) is 23.5 Å². The van der Waals surface area contributed by atoms with E-state index in [-0.39, 0.29) is 49.9 Å². The van der Waals surface area contributed by atoms with E-state index in [4.69, 9.17) is 19.7 Å². The molecule has 2 aliphatic rings. The summed E-state index contributed by atoms with van der Waals surface area (Å²) in [7, 11) is 3.33. The number of hydrogen-bond donors (Lipinski definition) is 3. The first-order valence-corrected chi connectivity index (χ1v) is 12.0. The predicted octanol–water partition coefficient (Wildman–Crippen LogP) is 3.76. The minimum Gasteiger partial charge on any atom is -0.496 e. The number of likely N-dealkylation sites (tertiary alicyclic amines) is 1. The maximum atomic E-state index is 14.6. The van der Waals surface area contributed by atoms with Gasteiger partial charge in [0.05, 0.1) is 25.2 Å². The topological polar surface area (TPSA) is 125 Å². The Bertz CT molecular complexity index is 992. The number of carbonyl (C=O) groups excluding carboxylic acids is 1. The maximum Gasteiger partial charge on any atom is 0.391 e. The Morgan fingerprint density at radius 1 is 1.05 bits per heavy atom. The lowest BCUT2D eigenvalue weighted by Gasteiger charge is -2.30. The van der Waals surface area contributed by atoms with Crippen LogP contribution >= 0.6 is 0 Å². The van der Waals surface area contributed by atoms with Crippen molar-refractivity contribution >= 4 is 17.8 Å². The van der Waals surface area contributed by atoms with Crippen LogP contribution in [0, 0.1) is 11.7 Å². The molecule has 9 nitrogen and oxygen atoms in total. The summed E-state index contributed by atoms with van der Waals surface area (Å²) < 4.78 is 64.0. The molecule has 1 amide bonds. The largest absolute Gasteiger partial charge is 0.496 e. The Morgan fingerprint density at radius 3 is 2.13 bits per heavy atom. The third-order valence-corrected chi connectivity index (χ3v) is 6.41. The van der Waals surface area contributed by atoms with Gasteiger partial charge in [-0.3, -0.25) is 9.69 Å². The van der Waals surface area contributed by atoms with Crippen LogP contribution < -0.4 is 14.8 Å². The molecule has 38 heavy (non-hydrogen) atoms. The molecular formula is C25H32F4N2O7. The van der Waals surface area contributed by atoms with E-state index in [1.165, 1.54) is 19.2 Å². The Labute approximate surface area is 217 Å². The number of amides is 1. The molecule has 1 aliphatic carbocycles. The number of hydrogen-bond acceptors (Lipinski definition) is 6. The van der Waals surface area contributed by atoms with E-state index in [1.54, 1.807) is 0 Å². The Balaban J connectivity index is 0.000000550. The highest BCUT2D eigenvalue weighted by Gasteiger charge is 2.42. The first-order chi connectivity index (χ1) is 17.8. The molecule has 1 aliphatic heterocycles. The highest BCUT2D eigenvalue weighted by Crippen LogP contribution is 2.39. The van der Waals surface area contributed by atoms with Crippen LogP contribution in [-0.2, 0) is 20.9 Å². The first kappa shape index (κ1) is 30.9. The number of likely N-dealkylation sites (N-methyl/N-ethyl adjacent to an activating group) is 1. The molecule has 0 aromatic heterocycles. The number of carbonyl (C=O) groups is 3. The second-order valence-electron chi connectivity index (χ2n) is 9.09. The van der Waals surface area contributed by atoms with E-state index in [9.17, 15) is 31.9 Å². The van der Waals surface area contributed by atoms with Crippen molar-refractivity contribution in [1.29, 1.82) is 0 Å². The molecule has 0 unspecified atom stereocenters. The number of nitrogens with one attached hydrogen (secondary N) is 1. The van der Waals surface area contributed by atoms with Crippen molar-refractivity contribution < 1.29 is 51.6 Å². The molecule has 2 fully saturated rings. The average Bonchev–Trinajstić information content (AvgIpc) is 3.28. The number of methoxy groups -OCH3 is 1. The zero-order chi connectivity index (χ0) is 28.5. The summed E-state index contributed by atoms with van der Waals surface area (Å²) in [6.07, 6.45) is -1.40. The Hall–Kier alpha value is -3.35. The van der Waals surface area contributed by atoms with Crippen LogP contribution in [0.2, 0.25) is 0 Å². The van der Waals surface area contributed by atoms with Gasteiger partial charge in [0, 0.05) is 30.3 Å². The van der Waals surface area contributed by atoms with Gasteiger partial charge in [0.1, 0.15) is 5.75 Å². The standard InChI is InChI=1S/C21H28F4N2O3.C4H4O4/c1-27-9-3-4-17(27)20(28)26-12-13-10-16(22)19(11-18(13)29-2)30-15-7-5-14(6-8-15)21(23,24)25;5-3(6)1-2-4(7)8/h10-11,14-15,17H,3-9,12H2,1-2H3,(H,26,28);1-2H,(H,5,6)(H,7,8)/b;2-1+/t14?,15?,17-;/m0./s1. The van der Waals surface area contributed by atoms with Crippen LogP contribution in [0.4, 0.5) is 17.6 Å². The fraction of sp³-hybridized carbons (Fsp3) is 0.560. The minimum atomic E-state index is -4.20. The third kappa shape index (κ3) is 9.51. The van der Waals surface area contributed by atoms with Crippen molar-refractivity contribution in [1.82, 2.24) is 10.2 Å². The van der Waals surface area contributed by atoms with Gasteiger partial charge in [-0.25, -0.2) is 14.0 Å². The number of alkyl halides is 3. The normalized spacial score (nSPS) is 21.9. The molecule has 1 saturated carbocycles. The fourth-order valence-electron chi connectivity index (χ4n) is 4.37. The molecule has 1 atom stereocenters. The third-order valence-electron chi connectivity index (χ3n) is 6.41. The second-order valence-corrected chi connectivity index (χ2v) is 9.09. The Morgan fingerprint density at radius 2 is 1.66 bits per heavy atom. The van der Waals surface area contributed by atoms with Crippen molar-refractivity contribution in [3.63, 3.8) is 0 Å². The number of aliphatic carboxylic acids is 2. The number of carboxylic acid groups (broad SMARTS) is 2. The molecule has 212 valence electrons. The first-order valence-electron chi connectivity index (χ1n) is 12.0. The summed E-state index contributed by atoms with van der Waals surface area (Å²) in [6.45, 7) is 0.979. The minimum absolute atomic E-state index is 0.0212. The Kier molecular flexibility index (Phi) is 11.4. The highest BCUT2D eigenvalue weighted by molar-refractivity contribution is 5.89. The number of nitrogens with zero attached hydrogens (tertiary/aromatic N) is 1. The summed E-state index contributed by atoms with van der Waals surface area (Å²) in [5, 5.41) is 18.4. The zero-order valence-electron chi connectivity index (χ0n) is 21.1. The fourth-order valence-corrected chi connectivity index (χ4v) is 4.37. The zero-order valence-corrected chi connectivity index (χ0v) is 21.1. The molecular weight excluding hydrogens is 516 g/mol. The van der Waals surface area contributed by atoms with Crippen molar-refractivity contribution in [3.8, 4) is 11.5 Å². The summed E-state index contributed by atoms with van der Waals surface area (Å²) in [5.74, 6) is -4.26. The van der Waals surface area contributed by atoms with Crippen molar-refractivity contribution in [3.05, 3.63) is 35.7 Å². The molecule has 1 heterocycles. The van der Waals surface area contributed by atoms with E-state index < -0.39 is 36.0 Å². The SMILES string of the molecule is COc1cc(OC2CCC(C(F)(F)F)CC2)c(F)cc1CNC(=O)[C@@H]1CCCN1C.O=C(O)/C=C/C(=O)O. The molecule has 0 radical (unpaired) electrons. The van der Waals surface area contributed by atoms with Gasteiger partial charge in [0.25, 0.3) is 0 Å². The summed E-state index contributed by atoms with van der Waals surface area (Å²) >= 11 is 0. The lowest BCUT2D eigenvalue weighted by atomic mass is 9.87. The average molecular weight is 549 g/mol. The number of carboxylic acids is 2. The van der Waals surface area contributed by atoms with Gasteiger partial charge in [0.2, 0.25) is 5.91 Å².